The summed E-state index contributed by atoms with van der Waals surface area (Å²) in [7, 11) is 0. The molecular formula is C35H54O4. The van der Waals surface area contributed by atoms with Gasteiger partial charge in [0.25, 0.3) is 0 Å². The first kappa shape index (κ1) is 28.9. The number of allylic oxidation sites excluding steroid dienone is 3. The molecule has 0 aromatic carbocycles. The first-order valence-electron chi connectivity index (χ1n) is 15.9. The zero-order valence-electron chi connectivity index (χ0n) is 25.8. The summed E-state index contributed by atoms with van der Waals surface area (Å²) < 4.78 is 6.09. The molecule has 39 heavy (non-hydrogen) atoms. The number of aliphatic carboxylic acids is 1. The highest BCUT2D eigenvalue weighted by Gasteiger charge is 2.68. The Labute approximate surface area is 237 Å². The second-order valence-electron chi connectivity index (χ2n) is 16.0. The molecule has 218 valence electrons. The zero-order valence-corrected chi connectivity index (χ0v) is 25.8. The minimum Gasteiger partial charge on any atom is -0.481 e. The van der Waals surface area contributed by atoms with E-state index >= 15 is 0 Å². The van der Waals surface area contributed by atoms with Crippen molar-refractivity contribution in [3.8, 4) is 0 Å². The smallest absolute Gasteiger partial charge is 0.306 e. The first-order chi connectivity index (χ1) is 18.1. The first-order valence-corrected chi connectivity index (χ1v) is 15.9. The Morgan fingerprint density at radius 2 is 1.67 bits per heavy atom. The Morgan fingerprint density at radius 1 is 0.949 bits per heavy atom. The van der Waals surface area contributed by atoms with Gasteiger partial charge in [-0.1, -0.05) is 65.3 Å². The van der Waals surface area contributed by atoms with Crippen LogP contribution in [0.1, 0.15) is 126 Å². The van der Waals surface area contributed by atoms with Crippen LogP contribution in [0.25, 0.3) is 0 Å². The second kappa shape index (κ2) is 9.48. The normalized spacial score (nSPS) is 46.1. The molecule has 0 aromatic rings. The van der Waals surface area contributed by atoms with Crippen molar-refractivity contribution in [2.75, 3.05) is 0 Å². The molecule has 5 aliphatic carbocycles. The number of rotatable bonds is 6. The maximum atomic E-state index is 12.7. The number of hydrogen-bond acceptors (Lipinski definition) is 3. The third kappa shape index (κ3) is 4.19. The van der Waals surface area contributed by atoms with Crippen molar-refractivity contribution in [2.45, 2.75) is 132 Å². The highest BCUT2D eigenvalue weighted by Crippen LogP contribution is 2.76. The summed E-state index contributed by atoms with van der Waals surface area (Å²) >= 11 is 0. The molecular weight excluding hydrogens is 484 g/mol. The van der Waals surface area contributed by atoms with E-state index in [-0.39, 0.29) is 46.6 Å². The van der Waals surface area contributed by atoms with Gasteiger partial charge in [0.2, 0.25) is 0 Å². The van der Waals surface area contributed by atoms with E-state index in [1.165, 1.54) is 50.5 Å². The molecule has 0 amide bonds. The maximum absolute atomic E-state index is 12.7. The molecule has 0 radical (unpaired) electrons. The summed E-state index contributed by atoms with van der Waals surface area (Å²) in [5, 5.41) is 8.93. The molecule has 4 fully saturated rings. The predicted molar refractivity (Wildman–Crippen MR) is 156 cm³/mol. The monoisotopic (exact) mass is 538 g/mol. The Bertz CT molecular complexity index is 1070. The largest absolute Gasteiger partial charge is 0.481 e. The number of esters is 1. The van der Waals surface area contributed by atoms with Gasteiger partial charge < -0.3 is 9.84 Å². The number of carboxylic acids is 1. The van der Waals surface area contributed by atoms with Gasteiger partial charge in [-0.05, 0) is 116 Å². The molecule has 4 nitrogen and oxygen atoms in total. The Morgan fingerprint density at radius 3 is 2.33 bits per heavy atom. The molecule has 0 bridgehead atoms. The molecule has 0 spiro atoms. The highest BCUT2D eigenvalue weighted by molar-refractivity contribution is 5.71. The molecule has 5 rings (SSSR count). The van der Waals surface area contributed by atoms with Crippen LogP contribution in [0, 0.1) is 50.7 Å². The van der Waals surface area contributed by atoms with Crippen LogP contribution in [-0.4, -0.2) is 23.1 Å². The molecule has 0 saturated heterocycles. The number of hydrogen-bond donors (Lipinski definition) is 1. The van der Waals surface area contributed by atoms with Crippen LogP contribution in [0.2, 0.25) is 0 Å². The minimum atomic E-state index is -0.856. The van der Waals surface area contributed by atoms with Crippen LogP contribution in [-0.2, 0) is 14.3 Å². The quantitative estimate of drug-likeness (QED) is 0.271. The van der Waals surface area contributed by atoms with Crippen molar-refractivity contribution in [3.05, 3.63) is 23.8 Å². The van der Waals surface area contributed by atoms with E-state index < -0.39 is 5.97 Å². The van der Waals surface area contributed by atoms with Crippen molar-refractivity contribution in [1.29, 1.82) is 0 Å². The van der Waals surface area contributed by atoms with E-state index in [1.54, 1.807) is 5.57 Å². The fraction of sp³-hybridized carbons (Fsp3) is 0.829. The van der Waals surface area contributed by atoms with Gasteiger partial charge in [-0.2, -0.15) is 0 Å². The van der Waals surface area contributed by atoms with E-state index in [9.17, 15) is 9.59 Å². The van der Waals surface area contributed by atoms with Crippen molar-refractivity contribution < 1.29 is 19.4 Å². The van der Waals surface area contributed by atoms with Gasteiger partial charge in [0.05, 0.1) is 0 Å². The lowest BCUT2D eigenvalue weighted by atomic mass is 9.34. The lowest BCUT2D eigenvalue weighted by Gasteiger charge is -2.70. The van der Waals surface area contributed by atoms with E-state index in [4.69, 9.17) is 9.84 Å². The third-order valence-corrected chi connectivity index (χ3v) is 13.8. The average molecular weight is 539 g/mol. The molecule has 0 aromatic heterocycles. The standard InChI is InChI=1S/C35H54O4/c1-22(2)23-14-17-32(5)20-21-34(7)24(30(23)32)12-13-26-33(6)18-16-27(39-29(38)11-9-10-28(36)37)31(3,4)25(33)15-19-35(26,34)8/h12,23,25-27,30H,1,9-11,13-21H2,2-8H3,(H,36,37)/t23-,25-,26?,27-,30+,32+,33-,34+,35+/m0/s1. The number of ether oxygens (including phenoxy) is 1. The summed E-state index contributed by atoms with van der Waals surface area (Å²) in [6.45, 7) is 21.8. The van der Waals surface area contributed by atoms with Crippen LogP contribution < -0.4 is 0 Å². The van der Waals surface area contributed by atoms with Crippen molar-refractivity contribution in [2.24, 2.45) is 50.7 Å². The van der Waals surface area contributed by atoms with Crippen LogP contribution in [0.3, 0.4) is 0 Å². The summed E-state index contributed by atoms with van der Waals surface area (Å²) in [6.07, 6.45) is 14.1. The van der Waals surface area contributed by atoms with Crippen molar-refractivity contribution in [3.63, 3.8) is 0 Å². The molecule has 0 aliphatic heterocycles. The fourth-order valence-electron chi connectivity index (χ4n) is 11.5. The molecule has 9 atom stereocenters. The summed E-state index contributed by atoms with van der Waals surface area (Å²) in [4.78, 5) is 23.5. The zero-order chi connectivity index (χ0) is 28.6. The number of carbonyl (C=O) groups is 2. The van der Waals surface area contributed by atoms with Crippen molar-refractivity contribution in [1.82, 2.24) is 0 Å². The van der Waals surface area contributed by atoms with Gasteiger partial charge in [-0.3, -0.25) is 9.59 Å². The molecule has 5 aliphatic rings. The Balaban J connectivity index is 1.41. The maximum Gasteiger partial charge on any atom is 0.306 e. The lowest BCUT2D eigenvalue weighted by molar-refractivity contribution is -0.211. The van der Waals surface area contributed by atoms with Gasteiger partial charge in [0, 0.05) is 18.3 Å². The third-order valence-electron chi connectivity index (χ3n) is 13.8. The number of carboxylic acid groups (broad SMARTS) is 1. The molecule has 1 unspecified atom stereocenters. The van der Waals surface area contributed by atoms with Crippen LogP contribution in [0.5, 0.6) is 0 Å². The van der Waals surface area contributed by atoms with Gasteiger partial charge in [-0.25, -0.2) is 0 Å². The van der Waals surface area contributed by atoms with Crippen LogP contribution in [0.15, 0.2) is 23.8 Å². The predicted octanol–water partition coefficient (Wildman–Crippen LogP) is 8.75. The highest BCUT2D eigenvalue weighted by atomic mass is 16.5. The molecule has 1 N–H and O–H groups in total. The molecule has 4 saturated carbocycles. The average Bonchev–Trinajstić information content (AvgIpc) is 3.19. The van der Waals surface area contributed by atoms with Gasteiger partial charge in [-0.15, -0.1) is 0 Å². The van der Waals surface area contributed by atoms with Crippen molar-refractivity contribution >= 4 is 11.9 Å². The molecule has 0 heterocycles. The second-order valence-corrected chi connectivity index (χ2v) is 16.0. The fourth-order valence-corrected chi connectivity index (χ4v) is 11.5. The van der Waals surface area contributed by atoms with E-state index in [2.05, 4.69) is 61.1 Å². The van der Waals surface area contributed by atoms with E-state index in [1.807, 2.05) is 0 Å². The van der Waals surface area contributed by atoms with E-state index in [0.717, 1.165) is 12.8 Å². The Hall–Kier alpha value is -1.58. The minimum absolute atomic E-state index is 0.0194. The van der Waals surface area contributed by atoms with Gasteiger partial charge in [0.1, 0.15) is 6.10 Å². The SMILES string of the molecule is C=C(C)[C@@H]1CC[C@]2(C)CC[C@]3(C)C(=CCC4[C@@]5(C)CC[C@H](OC(=O)CCCC(=O)O)C(C)(C)[C@@H]5CC[C@]43C)[C@@H]12. The summed E-state index contributed by atoms with van der Waals surface area (Å²) in [5.74, 6) is 1.35. The van der Waals surface area contributed by atoms with Gasteiger partial charge >= 0.3 is 11.9 Å². The topological polar surface area (TPSA) is 63.6 Å². The van der Waals surface area contributed by atoms with Crippen LogP contribution in [0.4, 0.5) is 0 Å². The number of carbonyl (C=O) groups excluding carboxylic acids is 1. The Kier molecular flexibility index (Phi) is 7.03. The summed E-state index contributed by atoms with van der Waals surface area (Å²) in [5.41, 5.74) is 4.24. The van der Waals surface area contributed by atoms with Crippen LogP contribution >= 0.6 is 0 Å². The molecule has 4 heteroatoms. The van der Waals surface area contributed by atoms with E-state index in [0.29, 0.717) is 35.5 Å². The van der Waals surface area contributed by atoms with Gasteiger partial charge in [0.15, 0.2) is 0 Å². The lowest BCUT2D eigenvalue weighted by Crippen LogP contribution is -2.64. The summed E-state index contributed by atoms with van der Waals surface area (Å²) in [6, 6.07) is 0. The number of fused-ring (bicyclic) bond motifs is 7.